The van der Waals surface area contributed by atoms with Crippen molar-refractivity contribution in [1.29, 1.82) is 0 Å². The van der Waals surface area contributed by atoms with Crippen molar-refractivity contribution in [1.82, 2.24) is 0 Å². The van der Waals surface area contributed by atoms with Gasteiger partial charge in [-0.05, 0) is 104 Å². The molecule has 0 spiro atoms. The van der Waals surface area contributed by atoms with Gasteiger partial charge in [-0.2, -0.15) is 0 Å². The minimum Gasteiger partial charge on any atom is -0.330 e. The second kappa shape index (κ2) is 23.0. The first-order valence-corrected chi connectivity index (χ1v) is 28.8. The smallest absolute Gasteiger partial charge is 0.0991 e. The maximum absolute atomic E-state index is 6.04. The summed E-state index contributed by atoms with van der Waals surface area (Å²) in [4.78, 5) is 0. The predicted octanol–water partition coefficient (Wildman–Crippen LogP) is 11.9. The predicted molar refractivity (Wildman–Crippen MR) is 277 cm³/mol. The molecule has 2 N–H and O–H groups in total. The monoisotopic (exact) mass is 866 g/mol. The van der Waals surface area contributed by atoms with Crippen LogP contribution in [0, 0.1) is 10.8 Å². The highest BCUT2D eigenvalue weighted by atomic mass is 31.2. The number of unbranched alkanes of at least 4 members (excludes halogenated alkanes) is 4. The normalized spacial score (nSPS) is 16.9. The minimum atomic E-state index is -1.65. The molecule has 1 aliphatic rings. The molecule has 0 aromatic heterocycles. The second-order valence-corrected chi connectivity index (χ2v) is 29.4. The van der Waals surface area contributed by atoms with Crippen LogP contribution in [0.25, 0.3) is 0 Å². The molecule has 0 amide bonds. The average Bonchev–Trinajstić information content (AvgIpc) is 3.25. The van der Waals surface area contributed by atoms with Crippen molar-refractivity contribution in [2.24, 2.45) is 16.6 Å². The van der Waals surface area contributed by atoms with Crippen molar-refractivity contribution in [2.75, 3.05) is 78.5 Å². The fourth-order valence-corrected chi connectivity index (χ4v) is 20.9. The van der Waals surface area contributed by atoms with Crippen LogP contribution in [0.2, 0.25) is 0 Å². The molecule has 3 nitrogen and oxygen atoms in total. The second-order valence-electron chi connectivity index (χ2n) is 21.6. The molecule has 1 fully saturated rings. The van der Waals surface area contributed by atoms with Crippen molar-refractivity contribution in [3.05, 3.63) is 121 Å². The van der Waals surface area contributed by atoms with Gasteiger partial charge < -0.3 is 14.7 Å². The van der Waals surface area contributed by atoms with Gasteiger partial charge in [0.05, 0.1) is 114 Å². The summed E-state index contributed by atoms with van der Waals surface area (Å²) in [5.41, 5.74) is 6.88. The Labute approximate surface area is 377 Å². The lowest BCUT2D eigenvalue weighted by molar-refractivity contribution is -0.918. The number of nitrogens with zero attached hydrogens (tertiary/aromatic N) is 2. The zero-order chi connectivity index (χ0) is 43.9. The third-order valence-electron chi connectivity index (χ3n) is 14.8. The summed E-state index contributed by atoms with van der Waals surface area (Å²) in [7, 11) is 4.28. The standard InChI is InChI=1S/C56H89N3P2/c1-9-10-40-59(8,42-29-38-57)41-24-26-44-61(53-34-19-13-20-35-53,54-36-21-14-22-37-54)46-28-27-45-60(51-30-15-11-16-31-51,52-32-17-12-18-33-52)43-25-23-39-58(6,7)50-47-55(2,3)49-56(4,5)48-50/h11-22,30-37,50H,9-10,23-29,38-49,57H2,1-8H3/q+4. The number of benzene rings is 4. The van der Waals surface area contributed by atoms with Crippen molar-refractivity contribution in [2.45, 2.75) is 118 Å². The minimum absolute atomic E-state index is 0.420. The Morgan fingerprint density at radius 1 is 0.475 bits per heavy atom. The summed E-state index contributed by atoms with van der Waals surface area (Å²) in [5.74, 6) is 0. The van der Waals surface area contributed by atoms with Gasteiger partial charge in [-0.1, -0.05) is 114 Å². The molecule has 61 heavy (non-hydrogen) atoms. The molecule has 5 heteroatoms. The average molecular weight is 866 g/mol. The van der Waals surface area contributed by atoms with Gasteiger partial charge in [-0.3, -0.25) is 0 Å². The summed E-state index contributed by atoms with van der Waals surface area (Å²) < 4.78 is 2.33. The van der Waals surface area contributed by atoms with Crippen LogP contribution in [0.3, 0.4) is 0 Å². The summed E-state index contributed by atoms with van der Waals surface area (Å²) in [5, 5.41) is 6.42. The van der Waals surface area contributed by atoms with Crippen LogP contribution in [-0.4, -0.2) is 93.5 Å². The molecule has 334 valence electrons. The molecule has 0 bridgehead atoms. The van der Waals surface area contributed by atoms with E-state index in [1.165, 1.54) is 126 Å². The van der Waals surface area contributed by atoms with Crippen LogP contribution in [-0.2, 0) is 0 Å². The first-order chi connectivity index (χ1) is 29.2. The lowest BCUT2D eigenvalue weighted by atomic mass is 9.63. The first kappa shape index (κ1) is 49.6. The molecular weight excluding hydrogens is 777 g/mol. The Balaban J connectivity index is 1.37. The van der Waals surface area contributed by atoms with Crippen molar-refractivity contribution in [3.8, 4) is 0 Å². The van der Waals surface area contributed by atoms with E-state index in [2.05, 4.69) is 177 Å². The Kier molecular flexibility index (Phi) is 18.7. The molecule has 0 heterocycles. The van der Waals surface area contributed by atoms with Crippen molar-refractivity contribution in [3.63, 3.8) is 0 Å². The molecule has 0 radical (unpaired) electrons. The van der Waals surface area contributed by atoms with Gasteiger partial charge in [0.15, 0.2) is 0 Å². The number of rotatable bonds is 26. The van der Waals surface area contributed by atoms with Gasteiger partial charge in [0.2, 0.25) is 0 Å². The third-order valence-corrected chi connectivity index (χ3v) is 24.3. The topological polar surface area (TPSA) is 26.0 Å². The van der Waals surface area contributed by atoms with Gasteiger partial charge >= 0.3 is 0 Å². The molecule has 5 rings (SSSR count). The SMILES string of the molecule is CCCC[N+](C)(CCCN)CCCC[P+](CCCC[P+](CCCC[N+](C)(C)C1CC(C)(C)CC(C)(C)C1)(c1ccccc1)c1ccccc1)(c1ccccc1)c1ccccc1. The molecule has 0 saturated heterocycles. The maximum Gasteiger partial charge on any atom is 0.0991 e. The van der Waals surface area contributed by atoms with Crippen LogP contribution in [0.5, 0.6) is 0 Å². The molecule has 0 aliphatic heterocycles. The van der Waals surface area contributed by atoms with E-state index >= 15 is 0 Å². The molecule has 4 aromatic rings. The summed E-state index contributed by atoms with van der Waals surface area (Å²) >= 11 is 0. The van der Waals surface area contributed by atoms with Crippen LogP contribution in [0.1, 0.15) is 112 Å². The summed E-state index contributed by atoms with van der Waals surface area (Å²) in [6.07, 6.45) is 20.6. The van der Waals surface area contributed by atoms with Gasteiger partial charge in [0.25, 0.3) is 0 Å². The molecule has 4 aromatic carbocycles. The summed E-state index contributed by atoms with van der Waals surface area (Å²) in [6.45, 7) is 18.2. The molecule has 1 aliphatic carbocycles. The molecular formula is C56H89N3P2+4. The number of hydrogen-bond donors (Lipinski definition) is 1. The molecule has 1 atom stereocenters. The van der Waals surface area contributed by atoms with E-state index in [0.717, 1.165) is 23.5 Å². The third kappa shape index (κ3) is 14.1. The zero-order valence-corrected chi connectivity index (χ0v) is 42.1. The van der Waals surface area contributed by atoms with Crippen molar-refractivity contribution < 1.29 is 8.97 Å². The van der Waals surface area contributed by atoms with E-state index < -0.39 is 14.5 Å². The highest BCUT2D eigenvalue weighted by Crippen LogP contribution is 2.60. The lowest BCUT2D eigenvalue weighted by Gasteiger charge is -2.50. The van der Waals surface area contributed by atoms with Crippen LogP contribution >= 0.6 is 14.5 Å². The first-order valence-electron chi connectivity index (χ1n) is 24.5. The van der Waals surface area contributed by atoms with E-state index in [-0.39, 0.29) is 0 Å². The fraction of sp³-hybridized carbons (Fsp3) is 0.571. The van der Waals surface area contributed by atoms with Crippen LogP contribution in [0.4, 0.5) is 0 Å². The Hall–Kier alpha value is -2.38. The highest BCUT2D eigenvalue weighted by Gasteiger charge is 2.47. The zero-order valence-electron chi connectivity index (χ0n) is 40.3. The fourth-order valence-electron chi connectivity index (χ4n) is 11.8. The van der Waals surface area contributed by atoms with Gasteiger partial charge in [0, 0.05) is 32.1 Å². The number of quaternary nitrogens is 2. The van der Waals surface area contributed by atoms with Gasteiger partial charge in [-0.25, -0.2) is 0 Å². The maximum atomic E-state index is 6.04. The Morgan fingerprint density at radius 2 is 0.803 bits per heavy atom. The van der Waals surface area contributed by atoms with Crippen molar-refractivity contribution >= 4 is 35.7 Å². The Morgan fingerprint density at radius 3 is 1.16 bits per heavy atom. The van der Waals surface area contributed by atoms with E-state index in [1.807, 2.05) is 0 Å². The molecule has 1 unspecified atom stereocenters. The van der Waals surface area contributed by atoms with E-state index in [0.29, 0.717) is 10.8 Å². The van der Waals surface area contributed by atoms with Gasteiger partial charge in [0.1, 0.15) is 0 Å². The lowest BCUT2D eigenvalue weighted by Crippen LogP contribution is -2.55. The van der Waals surface area contributed by atoms with Gasteiger partial charge in [-0.15, -0.1) is 0 Å². The Bertz CT molecular complexity index is 1710. The van der Waals surface area contributed by atoms with E-state index in [9.17, 15) is 0 Å². The van der Waals surface area contributed by atoms with E-state index in [4.69, 9.17) is 5.73 Å². The highest BCUT2D eigenvalue weighted by molar-refractivity contribution is 7.90. The van der Waals surface area contributed by atoms with Crippen LogP contribution < -0.4 is 27.0 Å². The largest absolute Gasteiger partial charge is 0.330 e. The summed E-state index contributed by atoms with van der Waals surface area (Å²) in [6, 6.07) is 47.9. The quantitative estimate of drug-likeness (QED) is 0.0380. The van der Waals surface area contributed by atoms with E-state index in [1.54, 1.807) is 21.2 Å². The molecule has 1 saturated carbocycles. The number of hydrogen-bond acceptors (Lipinski definition) is 1. The number of nitrogens with two attached hydrogens (primary N) is 1. The van der Waals surface area contributed by atoms with Crippen LogP contribution in [0.15, 0.2) is 121 Å².